The number of esters is 1. The zero-order valence-electron chi connectivity index (χ0n) is 22.4. The summed E-state index contributed by atoms with van der Waals surface area (Å²) in [6, 6.07) is 2.95. The van der Waals surface area contributed by atoms with E-state index in [0.717, 1.165) is 5.57 Å². The molecule has 0 aromatic heterocycles. The van der Waals surface area contributed by atoms with Crippen molar-refractivity contribution in [1.29, 1.82) is 0 Å². The Labute approximate surface area is 210 Å². The molecule has 0 bridgehead atoms. The van der Waals surface area contributed by atoms with Crippen molar-refractivity contribution in [3.63, 3.8) is 0 Å². The Morgan fingerprint density at radius 3 is 2.23 bits per heavy atom. The summed E-state index contributed by atoms with van der Waals surface area (Å²) < 4.78 is 5.46. The van der Waals surface area contributed by atoms with Crippen molar-refractivity contribution in [2.45, 2.75) is 104 Å². The Kier molecular flexibility index (Phi) is 11.7. The quantitative estimate of drug-likeness (QED) is 0.152. The lowest BCUT2D eigenvalue weighted by Crippen LogP contribution is -2.42. The minimum Gasteiger partial charge on any atom is -0.508 e. The van der Waals surface area contributed by atoms with Gasteiger partial charge < -0.3 is 25.2 Å². The summed E-state index contributed by atoms with van der Waals surface area (Å²) in [6.07, 6.45) is 10.2. The van der Waals surface area contributed by atoms with Crippen LogP contribution in [-0.4, -0.2) is 43.7 Å². The number of rotatable bonds is 13. The van der Waals surface area contributed by atoms with Crippen LogP contribution in [0.5, 0.6) is 11.5 Å². The maximum atomic E-state index is 11.6. The van der Waals surface area contributed by atoms with E-state index in [0.29, 0.717) is 49.7 Å². The largest absolute Gasteiger partial charge is 0.508 e. The second-order valence-electron chi connectivity index (χ2n) is 10.3. The molecule has 0 heterocycles. The first-order valence-corrected chi connectivity index (χ1v) is 12.3. The van der Waals surface area contributed by atoms with Crippen molar-refractivity contribution in [3.8, 4) is 11.5 Å². The van der Waals surface area contributed by atoms with Crippen LogP contribution >= 0.6 is 0 Å². The van der Waals surface area contributed by atoms with E-state index in [1.807, 2.05) is 26.8 Å². The van der Waals surface area contributed by atoms with Crippen LogP contribution in [0.25, 0.3) is 6.08 Å². The third-order valence-corrected chi connectivity index (χ3v) is 6.12. The van der Waals surface area contributed by atoms with Crippen LogP contribution in [-0.2, 0) is 9.53 Å². The van der Waals surface area contributed by atoms with Crippen molar-refractivity contribution in [1.82, 2.24) is 0 Å². The lowest BCUT2D eigenvalue weighted by atomic mass is 9.88. The van der Waals surface area contributed by atoms with E-state index in [-0.39, 0.29) is 11.5 Å². The Morgan fingerprint density at radius 2 is 1.63 bits per heavy atom. The van der Waals surface area contributed by atoms with E-state index in [9.17, 15) is 25.2 Å². The van der Waals surface area contributed by atoms with Gasteiger partial charge in [-0.05, 0) is 97.8 Å². The highest BCUT2D eigenvalue weighted by Gasteiger charge is 2.33. The molecule has 3 unspecified atom stereocenters. The number of aliphatic hydroxyl groups is 2. The van der Waals surface area contributed by atoms with Crippen LogP contribution in [0.3, 0.4) is 0 Å². The standard InChI is InChI=1S/C29H44O6/c1-20(2)10-8-16-29(7,34)27(35-23(5)30)13-12-21(3)11-9-15-28(6,33)17-14-24-19-25(31)22(4)18-26(24)32/h10-11,14,17-19,27,31-34H,8-9,12-13,15-16H2,1-7H3. The van der Waals surface area contributed by atoms with Crippen molar-refractivity contribution in [2.75, 3.05) is 0 Å². The van der Waals surface area contributed by atoms with E-state index in [2.05, 4.69) is 6.08 Å². The number of benzene rings is 1. The third kappa shape index (κ3) is 11.6. The van der Waals surface area contributed by atoms with E-state index in [1.54, 1.807) is 32.9 Å². The second kappa shape index (κ2) is 13.5. The van der Waals surface area contributed by atoms with Crippen molar-refractivity contribution < 1.29 is 30.0 Å². The first kappa shape index (κ1) is 30.5. The Bertz CT molecular complexity index is 933. The Balaban J connectivity index is 2.70. The zero-order chi connectivity index (χ0) is 26.8. The van der Waals surface area contributed by atoms with Gasteiger partial charge >= 0.3 is 5.97 Å². The summed E-state index contributed by atoms with van der Waals surface area (Å²) in [4.78, 5) is 11.6. The predicted octanol–water partition coefficient (Wildman–Crippen LogP) is 6.11. The fourth-order valence-electron chi connectivity index (χ4n) is 3.77. The monoisotopic (exact) mass is 488 g/mol. The highest BCUT2D eigenvalue weighted by molar-refractivity contribution is 5.66. The molecule has 1 aromatic rings. The number of allylic oxidation sites excluding steroid dienone is 4. The van der Waals surface area contributed by atoms with Crippen LogP contribution in [0.2, 0.25) is 0 Å². The molecule has 0 radical (unpaired) electrons. The molecule has 1 aromatic carbocycles. The summed E-state index contributed by atoms with van der Waals surface area (Å²) >= 11 is 0. The van der Waals surface area contributed by atoms with E-state index < -0.39 is 23.3 Å². The summed E-state index contributed by atoms with van der Waals surface area (Å²) in [7, 11) is 0. The first-order chi connectivity index (χ1) is 16.1. The second-order valence-corrected chi connectivity index (χ2v) is 10.3. The number of aryl methyl sites for hydroxylation is 1. The molecule has 0 fully saturated rings. The van der Waals surface area contributed by atoms with Gasteiger partial charge in [-0.3, -0.25) is 4.79 Å². The van der Waals surface area contributed by atoms with Gasteiger partial charge in [0.2, 0.25) is 0 Å². The van der Waals surface area contributed by atoms with Gasteiger partial charge in [0.15, 0.2) is 0 Å². The maximum absolute atomic E-state index is 11.6. The molecule has 0 saturated carbocycles. The van der Waals surface area contributed by atoms with Crippen molar-refractivity contribution >= 4 is 12.0 Å². The van der Waals surface area contributed by atoms with Crippen LogP contribution in [0.1, 0.15) is 91.2 Å². The van der Waals surface area contributed by atoms with Crippen molar-refractivity contribution in [2.24, 2.45) is 0 Å². The molecule has 6 nitrogen and oxygen atoms in total. The molecular formula is C29H44O6. The topological polar surface area (TPSA) is 107 Å². The molecule has 0 aliphatic carbocycles. The highest BCUT2D eigenvalue weighted by Crippen LogP contribution is 2.29. The average molecular weight is 489 g/mol. The molecule has 0 saturated heterocycles. The highest BCUT2D eigenvalue weighted by atomic mass is 16.6. The summed E-state index contributed by atoms with van der Waals surface area (Å²) in [5.74, 6) is -0.277. The molecule has 0 aliphatic rings. The molecular weight excluding hydrogens is 444 g/mol. The summed E-state index contributed by atoms with van der Waals surface area (Å²) in [5.41, 5.74) is 1.07. The summed E-state index contributed by atoms with van der Waals surface area (Å²) in [6.45, 7) is 12.5. The molecule has 6 heteroatoms. The molecule has 35 heavy (non-hydrogen) atoms. The van der Waals surface area contributed by atoms with Crippen LogP contribution < -0.4 is 0 Å². The minimum atomic E-state index is -1.12. The zero-order valence-corrected chi connectivity index (χ0v) is 22.4. The number of carbonyl (C=O) groups excluding carboxylic acids is 1. The molecule has 196 valence electrons. The first-order valence-electron chi connectivity index (χ1n) is 12.3. The van der Waals surface area contributed by atoms with Crippen LogP contribution in [0.4, 0.5) is 0 Å². The maximum Gasteiger partial charge on any atom is 0.303 e. The lowest BCUT2D eigenvalue weighted by Gasteiger charge is -2.32. The van der Waals surface area contributed by atoms with E-state index in [4.69, 9.17) is 4.74 Å². The SMILES string of the molecule is CC(=O)OC(CCC(C)=CCCC(C)(O)C=Cc1cc(O)c(C)cc1O)C(C)(O)CCC=C(C)C. The predicted molar refractivity (Wildman–Crippen MR) is 141 cm³/mol. The fourth-order valence-corrected chi connectivity index (χ4v) is 3.77. The summed E-state index contributed by atoms with van der Waals surface area (Å²) in [5, 5.41) is 41.5. The number of aromatic hydroxyl groups is 2. The normalized spacial score (nSPS) is 16.4. The minimum absolute atomic E-state index is 0.0437. The van der Waals surface area contributed by atoms with Gasteiger partial charge in [0.25, 0.3) is 0 Å². The van der Waals surface area contributed by atoms with Gasteiger partial charge in [-0.15, -0.1) is 0 Å². The molecule has 0 amide bonds. The van der Waals surface area contributed by atoms with Gasteiger partial charge in [0.1, 0.15) is 17.6 Å². The number of carbonyl (C=O) groups is 1. The van der Waals surface area contributed by atoms with Crippen LogP contribution in [0.15, 0.2) is 41.5 Å². The molecule has 4 N–H and O–H groups in total. The third-order valence-electron chi connectivity index (χ3n) is 6.12. The number of ether oxygens (including phenoxy) is 1. The average Bonchev–Trinajstić information content (AvgIpc) is 2.71. The number of hydrogen-bond donors (Lipinski definition) is 4. The van der Waals surface area contributed by atoms with Gasteiger partial charge in [0.05, 0.1) is 11.2 Å². The number of phenolic OH excluding ortho intramolecular Hbond substituents is 2. The molecule has 3 atom stereocenters. The molecule has 0 spiro atoms. The number of hydrogen-bond acceptors (Lipinski definition) is 6. The Hall–Kier alpha value is -2.57. The van der Waals surface area contributed by atoms with E-state index >= 15 is 0 Å². The smallest absolute Gasteiger partial charge is 0.303 e. The molecule has 0 aliphatic heterocycles. The Morgan fingerprint density at radius 1 is 1.00 bits per heavy atom. The van der Waals surface area contributed by atoms with Gasteiger partial charge in [0, 0.05) is 12.5 Å². The van der Waals surface area contributed by atoms with E-state index in [1.165, 1.54) is 24.6 Å². The van der Waals surface area contributed by atoms with Gasteiger partial charge in [-0.1, -0.05) is 35.5 Å². The lowest BCUT2D eigenvalue weighted by molar-refractivity contribution is -0.162. The molecule has 1 rings (SSSR count). The van der Waals surface area contributed by atoms with Crippen molar-refractivity contribution in [3.05, 3.63) is 52.6 Å². The van der Waals surface area contributed by atoms with Gasteiger partial charge in [-0.25, -0.2) is 0 Å². The fraction of sp³-hybridized carbons (Fsp3) is 0.552. The number of phenols is 2. The van der Waals surface area contributed by atoms with Crippen LogP contribution in [0, 0.1) is 6.92 Å². The van der Waals surface area contributed by atoms with Gasteiger partial charge in [-0.2, -0.15) is 0 Å².